The van der Waals surface area contributed by atoms with Crippen molar-refractivity contribution in [3.8, 4) is 0 Å². The van der Waals surface area contributed by atoms with Gasteiger partial charge in [-0.05, 0) is 12.5 Å². The first-order chi connectivity index (χ1) is 8.72. The van der Waals surface area contributed by atoms with E-state index in [1.165, 1.54) is 11.8 Å². The normalized spacial score (nSPS) is 19.7. The van der Waals surface area contributed by atoms with Gasteiger partial charge in [0.05, 0.1) is 16.1 Å². The number of hydrogen-bond donors (Lipinski definition) is 0. The van der Waals surface area contributed by atoms with Crippen LogP contribution in [0.15, 0.2) is 41.0 Å². The lowest BCUT2D eigenvalue weighted by molar-refractivity contribution is -0.301. The van der Waals surface area contributed by atoms with Gasteiger partial charge >= 0.3 is 5.97 Å². The molecule has 0 aromatic heterocycles. The first-order valence-electron chi connectivity index (χ1n) is 5.63. The number of thioether (sulfide) groups is 2. The van der Waals surface area contributed by atoms with E-state index >= 15 is 0 Å². The molecule has 1 aliphatic rings. The van der Waals surface area contributed by atoms with Crippen LogP contribution in [0.25, 0.3) is 0 Å². The van der Waals surface area contributed by atoms with Gasteiger partial charge in [-0.15, -0.1) is 29.3 Å². The van der Waals surface area contributed by atoms with Gasteiger partial charge in [0, 0.05) is 5.75 Å². The summed E-state index contributed by atoms with van der Waals surface area (Å²) in [7, 11) is 0. The van der Waals surface area contributed by atoms with Crippen molar-refractivity contribution >= 4 is 29.5 Å². The van der Waals surface area contributed by atoms with Crippen molar-refractivity contribution in [2.45, 2.75) is 11.5 Å². The van der Waals surface area contributed by atoms with Crippen LogP contribution in [-0.4, -0.2) is 18.3 Å². The average molecular weight is 281 g/mol. The van der Waals surface area contributed by atoms with Crippen LogP contribution in [-0.2, 0) is 9.53 Å². The third-order valence-electron chi connectivity index (χ3n) is 2.38. The van der Waals surface area contributed by atoms with Gasteiger partial charge in [0.15, 0.2) is 0 Å². The molecule has 1 aliphatic heterocycles. The molecule has 1 atom stereocenters. The zero-order valence-corrected chi connectivity index (χ0v) is 11.6. The van der Waals surface area contributed by atoms with Crippen molar-refractivity contribution < 1.29 is 14.6 Å². The summed E-state index contributed by atoms with van der Waals surface area (Å²) in [5, 5.41) is 11.7. The van der Waals surface area contributed by atoms with Gasteiger partial charge in [-0.1, -0.05) is 30.3 Å². The highest BCUT2D eigenvalue weighted by Crippen LogP contribution is 2.48. The maximum absolute atomic E-state index is 11.7. The highest BCUT2D eigenvalue weighted by Gasteiger charge is 2.24. The summed E-state index contributed by atoms with van der Waals surface area (Å²) >= 11 is 2.84. The summed E-state index contributed by atoms with van der Waals surface area (Å²) in [5.41, 5.74) is 1.11. The highest BCUT2D eigenvalue weighted by molar-refractivity contribution is 8.19. The summed E-state index contributed by atoms with van der Waals surface area (Å²) in [6.45, 7) is 2.03. The number of hydrogen-bond acceptors (Lipinski definition) is 5. The van der Waals surface area contributed by atoms with E-state index in [2.05, 4.69) is 0 Å². The van der Waals surface area contributed by atoms with E-state index < -0.39 is 5.97 Å². The lowest BCUT2D eigenvalue weighted by Crippen LogP contribution is -2.20. The van der Waals surface area contributed by atoms with Crippen LogP contribution in [0.4, 0.5) is 0 Å². The van der Waals surface area contributed by atoms with E-state index in [0.717, 1.165) is 5.56 Å². The fourth-order valence-electron chi connectivity index (χ4n) is 1.56. The van der Waals surface area contributed by atoms with E-state index in [-0.39, 0.29) is 15.2 Å². The molecule has 0 radical (unpaired) electrons. The molecule has 0 bridgehead atoms. The Labute approximate surface area is 115 Å². The zero-order chi connectivity index (χ0) is 13.0. The van der Waals surface area contributed by atoms with Crippen LogP contribution in [0.3, 0.4) is 0 Å². The van der Waals surface area contributed by atoms with Crippen LogP contribution in [0.1, 0.15) is 17.1 Å². The Kier molecular flexibility index (Phi) is 4.60. The number of carbonyl (C=O) groups excluding carboxylic acids is 1. The summed E-state index contributed by atoms with van der Waals surface area (Å²) in [6, 6.07) is 9.86. The van der Waals surface area contributed by atoms with Gasteiger partial charge < -0.3 is 9.84 Å². The van der Waals surface area contributed by atoms with Crippen molar-refractivity contribution in [1.29, 1.82) is 0 Å². The minimum atomic E-state index is -0.492. The fraction of sp³-hybridized carbons (Fsp3) is 0.308. The number of benzene rings is 1. The van der Waals surface area contributed by atoms with Crippen LogP contribution < -0.4 is 5.11 Å². The number of rotatable bonds is 3. The molecule has 2 rings (SSSR count). The smallest absolute Gasteiger partial charge is 0.343 e. The second-order valence-corrected chi connectivity index (χ2v) is 6.15. The van der Waals surface area contributed by atoms with Crippen LogP contribution in [0.2, 0.25) is 0 Å². The fourth-order valence-corrected chi connectivity index (χ4v) is 4.08. The van der Waals surface area contributed by atoms with E-state index in [4.69, 9.17) is 4.74 Å². The van der Waals surface area contributed by atoms with E-state index in [9.17, 15) is 9.90 Å². The van der Waals surface area contributed by atoms with E-state index in [1.807, 2.05) is 30.3 Å². The molecule has 0 spiro atoms. The highest BCUT2D eigenvalue weighted by atomic mass is 32.2. The Morgan fingerprint density at radius 3 is 2.83 bits per heavy atom. The van der Waals surface area contributed by atoms with Gasteiger partial charge in [-0.25, -0.2) is 4.79 Å². The lowest BCUT2D eigenvalue weighted by Gasteiger charge is -2.28. The molecule has 0 aliphatic carbocycles. The Morgan fingerprint density at radius 2 is 2.17 bits per heavy atom. The van der Waals surface area contributed by atoms with Gasteiger partial charge in [0.1, 0.15) is 0 Å². The van der Waals surface area contributed by atoms with Crippen molar-refractivity contribution in [3.63, 3.8) is 0 Å². The van der Waals surface area contributed by atoms with E-state index in [0.29, 0.717) is 12.4 Å². The third-order valence-corrected chi connectivity index (χ3v) is 5.19. The van der Waals surface area contributed by atoms with Crippen LogP contribution >= 0.6 is 23.5 Å². The minimum Gasteiger partial charge on any atom is -0.874 e. The summed E-state index contributed by atoms with van der Waals surface area (Å²) in [5.74, 6) is -0.287. The van der Waals surface area contributed by atoms with Crippen LogP contribution in [0, 0.1) is 0 Å². The predicted octanol–water partition coefficient (Wildman–Crippen LogP) is 2.30. The third kappa shape index (κ3) is 3.03. The Bertz CT molecular complexity index is 457. The predicted molar refractivity (Wildman–Crippen MR) is 72.9 cm³/mol. The second-order valence-electron chi connectivity index (χ2n) is 3.64. The van der Waals surface area contributed by atoms with Crippen molar-refractivity contribution in [1.82, 2.24) is 0 Å². The molecule has 18 heavy (non-hydrogen) atoms. The van der Waals surface area contributed by atoms with Crippen molar-refractivity contribution in [2.75, 3.05) is 12.4 Å². The van der Waals surface area contributed by atoms with E-state index in [1.54, 1.807) is 18.7 Å². The molecule has 1 heterocycles. The molecule has 1 aromatic rings. The maximum Gasteiger partial charge on any atom is 0.343 e. The van der Waals surface area contributed by atoms with Crippen molar-refractivity contribution in [3.05, 3.63) is 46.6 Å². The molecule has 0 saturated carbocycles. The molecule has 1 unspecified atom stereocenters. The summed E-state index contributed by atoms with van der Waals surface area (Å²) in [4.78, 5) is 11.9. The molecule has 0 fully saturated rings. The molecular weight excluding hydrogens is 268 g/mol. The van der Waals surface area contributed by atoms with Crippen LogP contribution in [0.5, 0.6) is 0 Å². The first-order valence-corrected chi connectivity index (χ1v) is 7.55. The van der Waals surface area contributed by atoms with Gasteiger partial charge in [-0.3, -0.25) is 0 Å². The lowest BCUT2D eigenvalue weighted by atomic mass is 10.2. The number of carbonyl (C=O) groups is 1. The standard InChI is InChI=1S/C13H14O3S2/c1-2-16-12(15)11-10(14)8-17-13(18-11)9-6-4-3-5-7-9/h3-7,13-14H,2,8H2,1H3/p-1. The maximum atomic E-state index is 11.7. The summed E-state index contributed by atoms with van der Waals surface area (Å²) in [6.07, 6.45) is 0. The van der Waals surface area contributed by atoms with Gasteiger partial charge in [0.2, 0.25) is 0 Å². The largest absolute Gasteiger partial charge is 0.874 e. The average Bonchev–Trinajstić information content (AvgIpc) is 2.40. The molecule has 1 aromatic carbocycles. The van der Waals surface area contributed by atoms with Gasteiger partial charge in [0.25, 0.3) is 0 Å². The first kappa shape index (κ1) is 13.4. The topological polar surface area (TPSA) is 49.4 Å². The Balaban J connectivity index is 2.15. The quantitative estimate of drug-likeness (QED) is 0.796. The molecular formula is C13H13O3S2-. The molecule has 5 heteroatoms. The molecule has 3 nitrogen and oxygen atoms in total. The Morgan fingerprint density at radius 1 is 1.44 bits per heavy atom. The number of ether oxygens (including phenoxy) is 1. The number of esters is 1. The molecule has 96 valence electrons. The second kappa shape index (κ2) is 6.20. The monoisotopic (exact) mass is 281 g/mol. The molecule has 0 amide bonds. The molecule has 0 N–H and O–H groups in total. The minimum absolute atomic E-state index is 0.0864. The SMILES string of the molecule is CCOC(=O)C1=C([O-])CSC(c2ccccc2)S1. The zero-order valence-electron chi connectivity index (χ0n) is 9.92. The summed E-state index contributed by atoms with van der Waals surface area (Å²) < 4.78 is 5.00. The Hall–Kier alpha value is -1.07. The van der Waals surface area contributed by atoms with Crippen molar-refractivity contribution in [2.24, 2.45) is 0 Å². The van der Waals surface area contributed by atoms with Gasteiger partial charge in [-0.2, -0.15) is 0 Å². The molecule has 0 saturated heterocycles.